The van der Waals surface area contributed by atoms with Crippen molar-refractivity contribution in [3.05, 3.63) is 24.2 Å². The number of hydrogen-bond acceptors (Lipinski definition) is 5. The van der Waals surface area contributed by atoms with Crippen LogP contribution < -0.4 is 5.32 Å². The molecule has 3 fully saturated rings. The van der Waals surface area contributed by atoms with Gasteiger partial charge in [-0.1, -0.05) is 12.8 Å². The van der Waals surface area contributed by atoms with Crippen molar-refractivity contribution in [2.75, 3.05) is 13.2 Å². The van der Waals surface area contributed by atoms with Crippen LogP contribution in [0.15, 0.2) is 22.8 Å². The highest BCUT2D eigenvalue weighted by Crippen LogP contribution is 2.60. The molecule has 1 saturated heterocycles. The summed E-state index contributed by atoms with van der Waals surface area (Å²) in [7, 11) is 0. The average molecular weight is 328 g/mol. The number of fused-ring (bicyclic) bond motifs is 2. The van der Waals surface area contributed by atoms with E-state index in [1.807, 2.05) is 12.1 Å². The van der Waals surface area contributed by atoms with Crippen LogP contribution in [0.4, 0.5) is 0 Å². The van der Waals surface area contributed by atoms with Gasteiger partial charge in [-0.25, -0.2) is 4.98 Å². The summed E-state index contributed by atoms with van der Waals surface area (Å²) in [5.74, 6) is 2.97. The normalized spacial score (nSPS) is 30.6. The standard InChI is InChI=1S/C18H24N4O2/c1-2-8-18(7-1)15(12-6-11-24-16(12)18)19-9-5-14-20-17(22-21-14)13-4-3-10-23-13/h3-4,10,12,15-16,19H,1-2,5-9,11H2,(H,20,21,22). The molecule has 128 valence electrons. The quantitative estimate of drug-likeness (QED) is 0.882. The molecule has 3 aliphatic rings. The van der Waals surface area contributed by atoms with Gasteiger partial charge in [-0.2, -0.15) is 5.10 Å². The van der Waals surface area contributed by atoms with Gasteiger partial charge in [0.15, 0.2) is 5.76 Å². The van der Waals surface area contributed by atoms with Crippen LogP contribution in [0.3, 0.4) is 0 Å². The van der Waals surface area contributed by atoms with E-state index in [4.69, 9.17) is 9.15 Å². The molecule has 3 unspecified atom stereocenters. The number of rotatable bonds is 5. The first-order chi connectivity index (χ1) is 11.9. The van der Waals surface area contributed by atoms with Crippen molar-refractivity contribution < 1.29 is 9.15 Å². The van der Waals surface area contributed by atoms with Crippen molar-refractivity contribution in [1.82, 2.24) is 20.5 Å². The SMILES string of the molecule is c1coc(-c2n[nH]c(CCNC3C4CCOC4C34CCCC4)n2)c1. The van der Waals surface area contributed by atoms with Crippen LogP contribution in [0.1, 0.15) is 37.9 Å². The lowest BCUT2D eigenvalue weighted by Gasteiger charge is -2.57. The van der Waals surface area contributed by atoms with Crippen molar-refractivity contribution in [2.24, 2.45) is 11.3 Å². The van der Waals surface area contributed by atoms with Gasteiger partial charge in [0.25, 0.3) is 0 Å². The zero-order valence-electron chi connectivity index (χ0n) is 13.8. The number of aromatic amines is 1. The molecule has 2 saturated carbocycles. The van der Waals surface area contributed by atoms with Gasteiger partial charge in [0.1, 0.15) is 5.82 Å². The van der Waals surface area contributed by atoms with Gasteiger partial charge in [0.2, 0.25) is 5.82 Å². The zero-order valence-corrected chi connectivity index (χ0v) is 13.8. The molecule has 0 amide bonds. The fraction of sp³-hybridized carbons (Fsp3) is 0.667. The molecule has 3 heterocycles. The van der Waals surface area contributed by atoms with Gasteiger partial charge in [-0.15, -0.1) is 0 Å². The zero-order chi connectivity index (χ0) is 16.0. The van der Waals surface area contributed by atoms with Crippen LogP contribution in [0.25, 0.3) is 11.6 Å². The molecule has 0 radical (unpaired) electrons. The molecule has 2 N–H and O–H groups in total. The second-order valence-electron chi connectivity index (χ2n) is 7.45. The molecule has 2 aromatic rings. The number of ether oxygens (including phenoxy) is 1. The Morgan fingerprint density at radius 3 is 3.08 bits per heavy atom. The van der Waals surface area contributed by atoms with E-state index in [1.165, 1.54) is 32.1 Å². The van der Waals surface area contributed by atoms with E-state index in [1.54, 1.807) is 6.26 Å². The maximum absolute atomic E-state index is 6.05. The van der Waals surface area contributed by atoms with Gasteiger partial charge in [0.05, 0.1) is 12.4 Å². The highest BCUT2D eigenvalue weighted by Gasteiger charge is 2.64. The predicted octanol–water partition coefficient (Wildman–Crippen LogP) is 2.54. The third kappa shape index (κ3) is 2.16. The molecule has 1 aliphatic heterocycles. The maximum atomic E-state index is 6.05. The van der Waals surface area contributed by atoms with E-state index in [2.05, 4.69) is 20.5 Å². The third-order valence-electron chi connectivity index (χ3n) is 6.29. The number of nitrogens with zero attached hydrogens (tertiary/aromatic N) is 2. The Hall–Kier alpha value is -1.66. The van der Waals surface area contributed by atoms with Gasteiger partial charge in [0, 0.05) is 36.9 Å². The maximum Gasteiger partial charge on any atom is 0.216 e. The van der Waals surface area contributed by atoms with Crippen molar-refractivity contribution >= 4 is 0 Å². The van der Waals surface area contributed by atoms with E-state index in [9.17, 15) is 0 Å². The van der Waals surface area contributed by atoms with Crippen molar-refractivity contribution in [3.63, 3.8) is 0 Å². The molecule has 0 aromatic carbocycles. The second-order valence-corrected chi connectivity index (χ2v) is 7.45. The minimum Gasteiger partial charge on any atom is -0.461 e. The summed E-state index contributed by atoms with van der Waals surface area (Å²) in [6.45, 7) is 1.88. The van der Waals surface area contributed by atoms with E-state index >= 15 is 0 Å². The van der Waals surface area contributed by atoms with Crippen LogP contribution in [0.5, 0.6) is 0 Å². The fourth-order valence-electron chi connectivity index (χ4n) is 5.28. The first-order valence-electron chi connectivity index (χ1n) is 9.17. The first-order valence-corrected chi connectivity index (χ1v) is 9.17. The minimum atomic E-state index is 0.419. The Balaban J connectivity index is 1.21. The molecule has 1 spiro atoms. The van der Waals surface area contributed by atoms with E-state index in [-0.39, 0.29) is 0 Å². The van der Waals surface area contributed by atoms with E-state index in [0.29, 0.717) is 29.1 Å². The molecule has 3 atom stereocenters. The summed E-state index contributed by atoms with van der Waals surface area (Å²) in [5.41, 5.74) is 0.419. The van der Waals surface area contributed by atoms with Crippen LogP contribution in [-0.4, -0.2) is 40.5 Å². The van der Waals surface area contributed by atoms with Crippen LogP contribution >= 0.6 is 0 Å². The van der Waals surface area contributed by atoms with E-state index < -0.39 is 0 Å². The smallest absolute Gasteiger partial charge is 0.216 e. The molecule has 2 aromatic heterocycles. The molecular weight excluding hydrogens is 304 g/mol. The fourth-order valence-corrected chi connectivity index (χ4v) is 5.28. The van der Waals surface area contributed by atoms with Crippen molar-refractivity contribution in [2.45, 2.75) is 50.7 Å². The van der Waals surface area contributed by atoms with Crippen molar-refractivity contribution in [3.8, 4) is 11.6 Å². The molecule has 6 heteroatoms. The molecule has 5 rings (SSSR count). The lowest BCUT2D eigenvalue weighted by Crippen LogP contribution is -2.67. The number of aromatic nitrogens is 3. The van der Waals surface area contributed by atoms with Gasteiger partial charge in [-0.05, 0) is 31.4 Å². The molecule has 6 nitrogen and oxygen atoms in total. The van der Waals surface area contributed by atoms with Gasteiger partial charge < -0.3 is 14.5 Å². The van der Waals surface area contributed by atoms with Gasteiger partial charge >= 0.3 is 0 Å². The highest BCUT2D eigenvalue weighted by molar-refractivity contribution is 5.45. The Morgan fingerprint density at radius 2 is 2.25 bits per heavy atom. The molecular formula is C18H24N4O2. The second kappa shape index (κ2) is 5.70. The summed E-state index contributed by atoms with van der Waals surface area (Å²) >= 11 is 0. The summed E-state index contributed by atoms with van der Waals surface area (Å²) in [6, 6.07) is 4.36. The topological polar surface area (TPSA) is 76.0 Å². The lowest BCUT2D eigenvalue weighted by atomic mass is 9.54. The molecule has 0 bridgehead atoms. The van der Waals surface area contributed by atoms with Gasteiger partial charge in [-0.3, -0.25) is 5.10 Å². The van der Waals surface area contributed by atoms with E-state index in [0.717, 1.165) is 31.3 Å². The summed E-state index contributed by atoms with van der Waals surface area (Å²) < 4.78 is 11.4. The van der Waals surface area contributed by atoms with Crippen LogP contribution in [0.2, 0.25) is 0 Å². The average Bonchev–Trinajstić information content (AvgIpc) is 3.39. The number of furan rings is 1. The number of nitrogens with one attached hydrogen (secondary N) is 2. The Morgan fingerprint density at radius 1 is 1.33 bits per heavy atom. The summed E-state index contributed by atoms with van der Waals surface area (Å²) in [4.78, 5) is 4.52. The molecule has 24 heavy (non-hydrogen) atoms. The lowest BCUT2D eigenvalue weighted by molar-refractivity contribution is -0.130. The summed E-state index contributed by atoms with van der Waals surface area (Å²) in [6.07, 6.45) is 9.62. The Labute approximate surface area is 141 Å². The first kappa shape index (κ1) is 14.7. The van der Waals surface area contributed by atoms with Crippen molar-refractivity contribution in [1.29, 1.82) is 0 Å². The van der Waals surface area contributed by atoms with Crippen LogP contribution in [0, 0.1) is 11.3 Å². The minimum absolute atomic E-state index is 0.419. The Kier molecular flexibility index (Phi) is 3.49. The monoisotopic (exact) mass is 328 g/mol. The summed E-state index contributed by atoms with van der Waals surface area (Å²) in [5, 5.41) is 11.1. The molecule has 2 aliphatic carbocycles. The number of H-pyrrole nitrogens is 1. The Bertz CT molecular complexity index is 690. The largest absolute Gasteiger partial charge is 0.461 e. The third-order valence-corrected chi connectivity index (χ3v) is 6.29. The number of hydrogen-bond donors (Lipinski definition) is 2. The van der Waals surface area contributed by atoms with Crippen LogP contribution in [-0.2, 0) is 11.2 Å². The predicted molar refractivity (Wildman–Crippen MR) is 88.3 cm³/mol. The highest BCUT2D eigenvalue weighted by atomic mass is 16.5.